The van der Waals surface area contributed by atoms with Crippen LogP contribution in [0.2, 0.25) is 0 Å². The molecule has 2 aromatic rings. The van der Waals surface area contributed by atoms with E-state index in [-0.39, 0.29) is 28.9 Å². The van der Waals surface area contributed by atoms with E-state index in [0.717, 1.165) is 23.3 Å². The largest absolute Gasteiger partial charge is 0.480 e. The molecule has 4 aliphatic rings. The van der Waals surface area contributed by atoms with Crippen molar-refractivity contribution < 1.29 is 24.3 Å². The van der Waals surface area contributed by atoms with Crippen molar-refractivity contribution >= 4 is 40.2 Å². The van der Waals surface area contributed by atoms with E-state index in [4.69, 9.17) is 5.11 Å². The normalized spacial score (nSPS) is 21.7. The Morgan fingerprint density at radius 3 is 2.53 bits per heavy atom. The van der Waals surface area contributed by atoms with E-state index >= 15 is 0 Å². The molecule has 3 amide bonds. The van der Waals surface area contributed by atoms with Crippen molar-refractivity contribution in [1.29, 1.82) is 0 Å². The second-order valence-electron chi connectivity index (χ2n) is 7.83. The maximum absolute atomic E-state index is 12.9. The van der Waals surface area contributed by atoms with E-state index in [1.165, 1.54) is 6.07 Å². The molecular formula is C23H18N2O5. The lowest BCUT2D eigenvalue weighted by atomic mass is 9.76. The van der Waals surface area contributed by atoms with Gasteiger partial charge in [0.2, 0.25) is 0 Å². The molecule has 2 N–H and O–H groups in total. The third-order valence-electron chi connectivity index (χ3n) is 5.94. The molecule has 0 spiro atoms. The Balaban J connectivity index is 1.54. The van der Waals surface area contributed by atoms with Crippen molar-refractivity contribution in [3.05, 3.63) is 65.3 Å². The average molecular weight is 402 g/mol. The molecule has 0 unspecified atom stereocenters. The molecule has 0 saturated carbocycles. The van der Waals surface area contributed by atoms with Gasteiger partial charge in [-0.1, -0.05) is 30.4 Å². The summed E-state index contributed by atoms with van der Waals surface area (Å²) < 4.78 is 0. The standard InChI is InChI=1S/C23H18N2O5/c26-19(27)11-25-22(29)16-3-1-2-14-9-15(10-18(20(14)16)23(25)30)24-21(28)17-8-12-4-6-13(17)7-5-12/h1-4,6,8-10,12-13H,5,7,11H2,(H,24,28)(H,26,27)/t12-,13+/m0/s1. The van der Waals surface area contributed by atoms with Crippen molar-refractivity contribution in [2.45, 2.75) is 12.8 Å². The number of benzene rings is 2. The van der Waals surface area contributed by atoms with Crippen LogP contribution in [-0.2, 0) is 9.59 Å². The number of hydrogen-bond acceptors (Lipinski definition) is 4. The van der Waals surface area contributed by atoms with Crippen LogP contribution in [-0.4, -0.2) is 40.2 Å². The van der Waals surface area contributed by atoms with Crippen molar-refractivity contribution in [3.8, 4) is 0 Å². The highest BCUT2D eigenvalue weighted by Crippen LogP contribution is 2.37. The predicted molar refractivity (Wildman–Crippen MR) is 109 cm³/mol. The number of hydrogen-bond donors (Lipinski definition) is 2. The summed E-state index contributed by atoms with van der Waals surface area (Å²) in [5.74, 6) is -2.41. The molecular weight excluding hydrogens is 384 g/mol. The summed E-state index contributed by atoms with van der Waals surface area (Å²) in [4.78, 5) is 50.3. The lowest BCUT2D eigenvalue weighted by Crippen LogP contribution is -2.43. The SMILES string of the molecule is O=C(O)CN1C(=O)c2cccc3cc(NC(=O)C4=C[C@H]5C=C[C@@H]4CC5)cc(c23)C1=O. The summed E-state index contributed by atoms with van der Waals surface area (Å²) in [6, 6.07) is 8.25. The molecule has 150 valence electrons. The molecule has 0 radical (unpaired) electrons. The monoisotopic (exact) mass is 402 g/mol. The quantitative estimate of drug-likeness (QED) is 0.604. The Labute approximate surface area is 171 Å². The van der Waals surface area contributed by atoms with Crippen molar-refractivity contribution in [2.24, 2.45) is 11.8 Å². The Hall–Kier alpha value is -3.74. The first kappa shape index (κ1) is 18.3. The molecule has 3 aliphatic carbocycles. The molecule has 0 saturated heterocycles. The number of rotatable bonds is 4. The minimum absolute atomic E-state index is 0.103. The Kier molecular flexibility index (Phi) is 4.06. The lowest BCUT2D eigenvalue weighted by molar-refractivity contribution is -0.137. The Bertz CT molecular complexity index is 1210. The highest BCUT2D eigenvalue weighted by Gasteiger charge is 2.35. The number of nitrogens with zero attached hydrogens (tertiary/aromatic N) is 1. The molecule has 30 heavy (non-hydrogen) atoms. The van der Waals surface area contributed by atoms with Gasteiger partial charge in [0.15, 0.2) is 0 Å². The molecule has 0 aromatic heterocycles. The minimum atomic E-state index is -1.27. The molecule has 0 fully saturated rings. The van der Waals surface area contributed by atoms with Gasteiger partial charge in [-0.3, -0.25) is 24.1 Å². The highest BCUT2D eigenvalue weighted by atomic mass is 16.4. The molecule has 2 bridgehead atoms. The van der Waals surface area contributed by atoms with Crippen LogP contribution in [0.15, 0.2) is 54.1 Å². The molecule has 2 atom stereocenters. The van der Waals surface area contributed by atoms with E-state index in [0.29, 0.717) is 16.5 Å². The zero-order valence-electron chi connectivity index (χ0n) is 15.9. The number of carboxylic acids is 1. The first-order valence-electron chi connectivity index (χ1n) is 9.78. The van der Waals surface area contributed by atoms with Gasteiger partial charge in [-0.25, -0.2) is 0 Å². The van der Waals surface area contributed by atoms with Crippen LogP contribution in [0.4, 0.5) is 5.69 Å². The fourth-order valence-electron chi connectivity index (χ4n) is 4.55. The number of carbonyl (C=O) groups is 4. The maximum Gasteiger partial charge on any atom is 0.323 e. The summed E-state index contributed by atoms with van der Waals surface area (Å²) in [5.41, 5.74) is 1.64. The molecule has 7 nitrogen and oxygen atoms in total. The summed E-state index contributed by atoms with van der Waals surface area (Å²) in [5, 5.41) is 13.1. The third kappa shape index (κ3) is 2.82. The number of nitrogens with one attached hydrogen (secondary N) is 1. The zero-order chi connectivity index (χ0) is 21.0. The van der Waals surface area contributed by atoms with Crippen LogP contribution in [0.3, 0.4) is 0 Å². The zero-order valence-corrected chi connectivity index (χ0v) is 15.9. The fraction of sp³-hybridized carbons (Fsp3) is 0.217. The lowest BCUT2D eigenvalue weighted by Gasteiger charge is -2.30. The maximum atomic E-state index is 12.9. The molecule has 2 aromatic carbocycles. The van der Waals surface area contributed by atoms with Gasteiger partial charge in [0.05, 0.1) is 5.56 Å². The van der Waals surface area contributed by atoms with Crippen molar-refractivity contribution in [1.82, 2.24) is 4.90 Å². The Morgan fingerprint density at radius 2 is 1.87 bits per heavy atom. The van der Waals surface area contributed by atoms with Crippen LogP contribution in [0.1, 0.15) is 33.6 Å². The van der Waals surface area contributed by atoms with Crippen LogP contribution in [0.5, 0.6) is 0 Å². The van der Waals surface area contributed by atoms with E-state index in [1.54, 1.807) is 24.3 Å². The molecule has 6 rings (SSSR count). The summed E-state index contributed by atoms with van der Waals surface area (Å²) >= 11 is 0. The van der Waals surface area contributed by atoms with Gasteiger partial charge in [0.1, 0.15) is 6.54 Å². The first-order valence-corrected chi connectivity index (χ1v) is 9.78. The van der Waals surface area contributed by atoms with Crippen LogP contribution in [0, 0.1) is 11.8 Å². The number of carboxylic acid groups (broad SMARTS) is 1. The molecule has 7 heteroatoms. The number of anilines is 1. The summed E-state index contributed by atoms with van der Waals surface area (Å²) in [7, 11) is 0. The minimum Gasteiger partial charge on any atom is -0.480 e. The number of fused-ring (bicyclic) bond motifs is 1. The van der Waals surface area contributed by atoms with Gasteiger partial charge in [-0.05, 0) is 42.3 Å². The number of carbonyl (C=O) groups excluding carboxylic acids is 3. The summed E-state index contributed by atoms with van der Waals surface area (Å²) in [6.45, 7) is -0.716. The summed E-state index contributed by atoms with van der Waals surface area (Å²) in [6.07, 6.45) is 8.17. The van der Waals surface area contributed by atoms with Gasteiger partial charge >= 0.3 is 5.97 Å². The van der Waals surface area contributed by atoms with Gasteiger partial charge < -0.3 is 10.4 Å². The van der Waals surface area contributed by atoms with E-state index < -0.39 is 24.3 Å². The van der Waals surface area contributed by atoms with Crippen LogP contribution >= 0.6 is 0 Å². The van der Waals surface area contributed by atoms with Gasteiger partial charge in [-0.2, -0.15) is 0 Å². The number of amides is 3. The number of allylic oxidation sites excluding steroid dienone is 3. The van der Waals surface area contributed by atoms with Crippen molar-refractivity contribution in [2.75, 3.05) is 11.9 Å². The topological polar surface area (TPSA) is 104 Å². The fourth-order valence-corrected chi connectivity index (χ4v) is 4.55. The first-order chi connectivity index (χ1) is 14.4. The van der Waals surface area contributed by atoms with E-state index in [2.05, 4.69) is 17.5 Å². The second-order valence-corrected chi connectivity index (χ2v) is 7.83. The van der Waals surface area contributed by atoms with E-state index in [9.17, 15) is 19.2 Å². The second kappa shape index (κ2) is 6.66. The number of aliphatic carboxylic acids is 1. The van der Waals surface area contributed by atoms with Gasteiger partial charge in [0.25, 0.3) is 17.7 Å². The van der Waals surface area contributed by atoms with E-state index in [1.807, 2.05) is 6.08 Å². The smallest absolute Gasteiger partial charge is 0.323 e. The third-order valence-corrected chi connectivity index (χ3v) is 5.94. The average Bonchev–Trinajstić information content (AvgIpc) is 2.75. The van der Waals surface area contributed by atoms with Crippen LogP contribution < -0.4 is 5.32 Å². The highest BCUT2D eigenvalue weighted by molar-refractivity contribution is 6.26. The van der Waals surface area contributed by atoms with Gasteiger partial charge in [0, 0.05) is 28.1 Å². The Morgan fingerprint density at radius 1 is 1.07 bits per heavy atom. The molecule has 1 heterocycles. The number of imide groups is 1. The van der Waals surface area contributed by atoms with Gasteiger partial charge in [-0.15, -0.1) is 0 Å². The predicted octanol–water partition coefficient (Wildman–Crippen LogP) is 2.98. The van der Waals surface area contributed by atoms with Crippen LogP contribution in [0.25, 0.3) is 10.8 Å². The molecule has 1 aliphatic heterocycles. The van der Waals surface area contributed by atoms with Crippen molar-refractivity contribution in [3.63, 3.8) is 0 Å².